The molecule has 3 rings (SSSR count). The third kappa shape index (κ3) is 7.54. The molecule has 1 N–H and O–H groups in total. The summed E-state index contributed by atoms with van der Waals surface area (Å²) in [5.41, 5.74) is 5.92. The molecule has 1 aromatic heterocycles. The summed E-state index contributed by atoms with van der Waals surface area (Å²) in [4.78, 5) is 20.5. The number of hydrogen-bond donors (Lipinski definition) is 1. The zero-order chi connectivity index (χ0) is 22.2. The third-order valence-electron chi connectivity index (χ3n) is 3.99. The van der Waals surface area contributed by atoms with Crippen LogP contribution in [0.15, 0.2) is 58.8 Å². The predicted molar refractivity (Wildman–Crippen MR) is 125 cm³/mol. The number of halogens is 2. The molecule has 0 radical (unpaired) electrons. The van der Waals surface area contributed by atoms with E-state index in [9.17, 15) is 4.79 Å². The maximum Gasteiger partial charge on any atom is 0.250 e. The number of amides is 1. The number of aryl methyl sites for hydroxylation is 2. The standard InChI is InChI=1S/C22H20Cl2N4O2S/c1-14-9-15(2)27-22(26-14)31-13-21(29)28-25-11-16-3-7-19(8-4-16)30-12-17-5-6-18(23)10-20(17)24/h3-11H,12-13H2,1-2H3,(H,28,29)/b25-11-. The smallest absolute Gasteiger partial charge is 0.250 e. The fourth-order valence-electron chi connectivity index (χ4n) is 2.55. The third-order valence-corrected chi connectivity index (χ3v) is 5.42. The summed E-state index contributed by atoms with van der Waals surface area (Å²) < 4.78 is 5.74. The Morgan fingerprint density at radius 3 is 2.48 bits per heavy atom. The van der Waals surface area contributed by atoms with Gasteiger partial charge >= 0.3 is 0 Å². The number of carbonyl (C=O) groups excluding carboxylic acids is 1. The van der Waals surface area contributed by atoms with Crippen molar-refractivity contribution in [2.45, 2.75) is 25.6 Å². The highest BCUT2D eigenvalue weighted by molar-refractivity contribution is 7.99. The second-order valence-electron chi connectivity index (χ2n) is 6.61. The summed E-state index contributed by atoms with van der Waals surface area (Å²) in [5.74, 6) is 0.640. The van der Waals surface area contributed by atoms with Gasteiger partial charge < -0.3 is 4.74 Å². The molecule has 0 atom stereocenters. The highest BCUT2D eigenvalue weighted by Gasteiger charge is 2.06. The highest BCUT2D eigenvalue weighted by Crippen LogP contribution is 2.22. The lowest BCUT2D eigenvalue weighted by Crippen LogP contribution is -2.19. The molecule has 0 aliphatic heterocycles. The van der Waals surface area contributed by atoms with Gasteiger partial charge in [-0.25, -0.2) is 15.4 Å². The van der Waals surface area contributed by atoms with Crippen molar-refractivity contribution in [1.82, 2.24) is 15.4 Å². The zero-order valence-electron chi connectivity index (χ0n) is 16.9. The van der Waals surface area contributed by atoms with Crippen molar-refractivity contribution in [1.29, 1.82) is 0 Å². The number of nitrogens with one attached hydrogen (secondary N) is 1. The summed E-state index contributed by atoms with van der Waals surface area (Å²) in [6.07, 6.45) is 1.57. The van der Waals surface area contributed by atoms with Crippen LogP contribution in [0.2, 0.25) is 10.0 Å². The van der Waals surface area contributed by atoms with E-state index in [1.54, 1.807) is 18.3 Å². The van der Waals surface area contributed by atoms with Crippen LogP contribution in [0.3, 0.4) is 0 Å². The van der Waals surface area contributed by atoms with E-state index >= 15 is 0 Å². The number of benzene rings is 2. The summed E-state index contributed by atoms with van der Waals surface area (Å²) >= 11 is 13.3. The molecule has 160 valence electrons. The van der Waals surface area contributed by atoms with E-state index in [-0.39, 0.29) is 11.7 Å². The lowest BCUT2D eigenvalue weighted by atomic mass is 10.2. The Balaban J connectivity index is 1.45. The number of aromatic nitrogens is 2. The Labute approximate surface area is 195 Å². The van der Waals surface area contributed by atoms with Crippen LogP contribution in [0.4, 0.5) is 0 Å². The number of thioether (sulfide) groups is 1. The Hall–Kier alpha value is -2.61. The monoisotopic (exact) mass is 474 g/mol. The molecule has 0 aliphatic carbocycles. The molecule has 0 bridgehead atoms. The van der Waals surface area contributed by atoms with Crippen molar-refractivity contribution >= 4 is 47.1 Å². The Bertz CT molecular complexity index is 1070. The molecule has 9 heteroatoms. The summed E-state index contributed by atoms with van der Waals surface area (Å²) in [6.45, 7) is 4.12. The highest BCUT2D eigenvalue weighted by atomic mass is 35.5. The molecule has 1 amide bonds. The van der Waals surface area contributed by atoms with Crippen LogP contribution in [-0.2, 0) is 11.4 Å². The molecule has 0 saturated heterocycles. The largest absolute Gasteiger partial charge is 0.489 e. The molecule has 2 aromatic carbocycles. The first-order chi connectivity index (χ1) is 14.9. The molecule has 0 fully saturated rings. The van der Waals surface area contributed by atoms with Gasteiger partial charge in [0.15, 0.2) is 5.16 Å². The molecule has 0 saturated carbocycles. The van der Waals surface area contributed by atoms with Crippen molar-refractivity contribution < 1.29 is 9.53 Å². The van der Waals surface area contributed by atoms with E-state index in [1.807, 2.05) is 50.2 Å². The van der Waals surface area contributed by atoms with E-state index < -0.39 is 0 Å². The quantitative estimate of drug-likeness (QED) is 0.209. The zero-order valence-corrected chi connectivity index (χ0v) is 19.3. The molecule has 0 unspecified atom stereocenters. The average molecular weight is 475 g/mol. The van der Waals surface area contributed by atoms with E-state index in [0.717, 1.165) is 22.5 Å². The summed E-state index contributed by atoms with van der Waals surface area (Å²) in [7, 11) is 0. The number of ether oxygens (including phenoxy) is 1. The fourth-order valence-corrected chi connectivity index (χ4v) is 3.75. The summed E-state index contributed by atoms with van der Waals surface area (Å²) in [6, 6.07) is 14.5. The Morgan fingerprint density at radius 1 is 1.10 bits per heavy atom. The number of carbonyl (C=O) groups is 1. The van der Waals surface area contributed by atoms with Gasteiger partial charge in [-0.3, -0.25) is 4.79 Å². The number of hydrazone groups is 1. The van der Waals surface area contributed by atoms with E-state index in [1.165, 1.54) is 11.8 Å². The second kappa shape index (κ2) is 11.1. The van der Waals surface area contributed by atoms with Crippen molar-refractivity contribution in [2.24, 2.45) is 5.10 Å². The van der Waals surface area contributed by atoms with Gasteiger partial charge in [0.2, 0.25) is 0 Å². The molecule has 0 aliphatic rings. The number of hydrogen-bond acceptors (Lipinski definition) is 6. The fraction of sp³-hybridized carbons (Fsp3) is 0.182. The van der Waals surface area contributed by atoms with Gasteiger partial charge in [0.1, 0.15) is 12.4 Å². The predicted octanol–water partition coefficient (Wildman–Crippen LogP) is 5.22. The van der Waals surface area contributed by atoms with Crippen LogP contribution in [0.5, 0.6) is 5.75 Å². The lowest BCUT2D eigenvalue weighted by molar-refractivity contribution is -0.118. The molecule has 31 heavy (non-hydrogen) atoms. The minimum Gasteiger partial charge on any atom is -0.489 e. The topological polar surface area (TPSA) is 76.5 Å². The molecular weight excluding hydrogens is 455 g/mol. The van der Waals surface area contributed by atoms with Crippen molar-refractivity contribution in [2.75, 3.05) is 5.75 Å². The van der Waals surface area contributed by atoms with Crippen molar-refractivity contribution in [3.05, 3.63) is 81.1 Å². The first-order valence-electron chi connectivity index (χ1n) is 9.33. The van der Waals surface area contributed by atoms with Crippen molar-refractivity contribution in [3.8, 4) is 5.75 Å². The van der Waals surface area contributed by atoms with Crippen LogP contribution >= 0.6 is 35.0 Å². The van der Waals surface area contributed by atoms with Gasteiger partial charge in [-0.2, -0.15) is 5.10 Å². The molecule has 1 heterocycles. The Morgan fingerprint density at radius 2 is 1.81 bits per heavy atom. The van der Waals surface area contributed by atoms with E-state index in [4.69, 9.17) is 27.9 Å². The maximum atomic E-state index is 12.0. The van der Waals surface area contributed by atoms with E-state index in [2.05, 4.69) is 20.5 Å². The first kappa shape index (κ1) is 23.1. The van der Waals surface area contributed by atoms with Crippen LogP contribution in [-0.4, -0.2) is 27.8 Å². The van der Waals surface area contributed by atoms with Gasteiger partial charge in [-0.1, -0.05) is 41.0 Å². The van der Waals surface area contributed by atoms with Gasteiger partial charge in [0.25, 0.3) is 5.91 Å². The average Bonchev–Trinajstić information content (AvgIpc) is 2.72. The van der Waals surface area contributed by atoms with Crippen molar-refractivity contribution in [3.63, 3.8) is 0 Å². The molecule has 6 nitrogen and oxygen atoms in total. The maximum absolute atomic E-state index is 12.0. The molecular formula is C22H20Cl2N4O2S. The lowest BCUT2D eigenvalue weighted by Gasteiger charge is -2.08. The number of rotatable bonds is 8. The van der Waals surface area contributed by atoms with Crippen LogP contribution in [0, 0.1) is 13.8 Å². The van der Waals surface area contributed by atoms with Gasteiger partial charge in [-0.15, -0.1) is 0 Å². The number of nitrogens with zero attached hydrogens (tertiary/aromatic N) is 3. The van der Waals surface area contributed by atoms with Crippen LogP contribution in [0.1, 0.15) is 22.5 Å². The SMILES string of the molecule is Cc1cc(C)nc(SCC(=O)N/N=C\c2ccc(OCc3ccc(Cl)cc3Cl)cc2)n1. The summed E-state index contributed by atoms with van der Waals surface area (Å²) in [5, 5.41) is 5.71. The van der Waals surface area contributed by atoms with Crippen LogP contribution < -0.4 is 10.2 Å². The van der Waals surface area contributed by atoms with Gasteiger partial charge in [0.05, 0.1) is 12.0 Å². The van der Waals surface area contributed by atoms with Gasteiger partial charge in [-0.05, 0) is 61.9 Å². The minimum atomic E-state index is -0.233. The normalized spacial score (nSPS) is 11.0. The Kier molecular flexibility index (Phi) is 8.28. The molecule has 0 spiro atoms. The van der Waals surface area contributed by atoms with E-state index in [0.29, 0.717) is 27.6 Å². The molecule has 3 aromatic rings. The van der Waals surface area contributed by atoms with Gasteiger partial charge in [0, 0.05) is 27.0 Å². The second-order valence-corrected chi connectivity index (χ2v) is 8.39. The first-order valence-corrected chi connectivity index (χ1v) is 11.1. The minimum absolute atomic E-state index is 0.181. The van der Waals surface area contributed by atoms with Crippen LogP contribution in [0.25, 0.3) is 0 Å².